The van der Waals surface area contributed by atoms with Crippen LogP contribution in [0.4, 0.5) is 0 Å². The molecule has 0 aliphatic rings. The summed E-state index contributed by atoms with van der Waals surface area (Å²) in [5, 5.41) is 5.97. The molecule has 0 saturated heterocycles. The number of amides is 1. The lowest BCUT2D eigenvalue weighted by Crippen LogP contribution is -2.45. The Labute approximate surface area is 87.0 Å². The van der Waals surface area contributed by atoms with Crippen LogP contribution >= 0.6 is 0 Å². The number of nitrogens with zero attached hydrogens (tertiary/aromatic N) is 1. The quantitative estimate of drug-likeness (QED) is 0.661. The average Bonchev–Trinajstić information content (AvgIpc) is 1.96. The van der Waals surface area contributed by atoms with Crippen LogP contribution in [0.2, 0.25) is 0 Å². The summed E-state index contributed by atoms with van der Waals surface area (Å²) in [7, 11) is 3.85. The second-order valence-corrected chi connectivity index (χ2v) is 4.64. The van der Waals surface area contributed by atoms with Crippen LogP contribution in [0.3, 0.4) is 0 Å². The van der Waals surface area contributed by atoms with Crippen molar-refractivity contribution in [2.45, 2.75) is 26.3 Å². The highest BCUT2D eigenvalue weighted by molar-refractivity contribution is 5.78. The van der Waals surface area contributed by atoms with E-state index >= 15 is 0 Å². The van der Waals surface area contributed by atoms with Crippen molar-refractivity contribution in [3.05, 3.63) is 0 Å². The maximum atomic E-state index is 11.5. The van der Waals surface area contributed by atoms with Gasteiger partial charge in [0, 0.05) is 18.6 Å². The van der Waals surface area contributed by atoms with Gasteiger partial charge in [-0.15, -0.1) is 0 Å². The first kappa shape index (κ1) is 13.4. The molecule has 1 amide bonds. The molecule has 0 spiro atoms. The van der Waals surface area contributed by atoms with E-state index < -0.39 is 0 Å². The SMILES string of the molecule is CNCCN(C)CC(=O)NC(C)(C)C. The minimum absolute atomic E-state index is 0.0797. The number of nitrogens with one attached hydrogen (secondary N) is 2. The number of hydrogen-bond acceptors (Lipinski definition) is 3. The van der Waals surface area contributed by atoms with E-state index in [1.807, 2.05) is 39.8 Å². The fourth-order valence-electron chi connectivity index (χ4n) is 1.08. The average molecular weight is 201 g/mol. The normalized spacial score (nSPS) is 11.9. The third-order valence-electron chi connectivity index (χ3n) is 1.67. The first-order valence-electron chi connectivity index (χ1n) is 4.99. The molecule has 0 radical (unpaired) electrons. The van der Waals surface area contributed by atoms with Crippen LogP contribution in [0.15, 0.2) is 0 Å². The van der Waals surface area contributed by atoms with Crippen LogP contribution in [0.1, 0.15) is 20.8 Å². The molecule has 2 N–H and O–H groups in total. The summed E-state index contributed by atoms with van der Waals surface area (Å²) in [6, 6.07) is 0. The summed E-state index contributed by atoms with van der Waals surface area (Å²) in [4.78, 5) is 13.5. The molecule has 0 aliphatic carbocycles. The first-order chi connectivity index (χ1) is 6.35. The molecule has 0 atom stereocenters. The Morgan fingerprint density at radius 2 is 1.93 bits per heavy atom. The molecule has 0 aliphatic heterocycles. The summed E-state index contributed by atoms with van der Waals surface area (Å²) in [5.74, 6) is 0.0797. The third kappa shape index (κ3) is 8.01. The molecular weight excluding hydrogens is 178 g/mol. The number of hydrogen-bond donors (Lipinski definition) is 2. The number of likely N-dealkylation sites (N-methyl/N-ethyl adjacent to an activating group) is 2. The molecule has 14 heavy (non-hydrogen) atoms. The van der Waals surface area contributed by atoms with Crippen LogP contribution in [-0.4, -0.2) is 50.1 Å². The topological polar surface area (TPSA) is 44.4 Å². The number of carbonyl (C=O) groups is 1. The minimum Gasteiger partial charge on any atom is -0.350 e. The van der Waals surface area contributed by atoms with Gasteiger partial charge in [-0.3, -0.25) is 9.69 Å². The molecule has 0 aromatic carbocycles. The molecule has 0 aromatic rings. The summed E-state index contributed by atoms with van der Waals surface area (Å²) in [6.45, 7) is 8.20. The Balaban J connectivity index is 3.71. The van der Waals surface area contributed by atoms with Crippen LogP contribution in [-0.2, 0) is 4.79 Å². The second-order valence-electron chi connectivity index (χ2n) is 4.64. The van der Waals surface area contributed by atoms with E-state index in [2.05, 4.69) is 10.6 Å². The zero-order chi connectivity index (χ0) is 11.2. The molecule has 0 unspecified atom stereocenters. The van der Waals surface area contributed by atoms with E-state index in [1.165, 1.54) is 0 Å². The lowest BCUT2D eigenvalue weighted by molar-refractivity contribution is -0.123. The van der Waals surface area contributed by atoms with Gasteiger partial charge in [0.2, 0.25) is 5.91 Å². The molecule has 0 rings (SSSR count). The fraction of sp³-hybridized carbons (Fsp3) is 0.900. The van der Waals surface area contributed by atoms with E-state index in [-0.39, 0.29) is 11.4 Å². The zero-order valence-electron chi connectivity index (χ0n) is 9.98. The van der Waals surface area contributed by atoms with E-state index in [1.54, 1.807) is 0 Å². The van der Waals surface area contributed by atoms with E-state index in [0.29, 0.717) is 6.54 Å². The van der Waals surface area contributed by atoms with Crippen molar-refractivity contribution in [3.8, 4) is 0 Å². The molecule has 0 bridgehead atoms. The molecule has 4 nitrogen and oxygen atoms in total. The van der Waals surface area contributed by atoms with Crippen molar-refractivity contribution >= 4 is 5.91 Å². The Morgan fingerprint density at radius 3 is 2.36 bits per heavy atom. The Kier molecular flexibility index (Phi) is 5.72. The molecular formula is C10H23N3O. The van der Waals surface area contributed by atoms with E-state index in [4.69, 9.17) is 0 Å². The van der Waals surface area contributed by atoms with Gasteiger partial charge in [-0.25, -0.2) is 0 Å². The van der Waals surface area contributed by atoms with Crippen molar-refractivity contribution in [2.75, 3.05) is 33.7 Å². The maximum absolute atomic E-state index is 11.5. The molecule has 0 fully saturated rings. The monoisotopic (exact) mass is 201 g/mol. The van der Waals surface area contributed by atoms with Gasteiger partial charge in [0.05, 0.1) is 6.54 Å². The predicted octanol–water partition coefficient (Wildman–Crippen LogP) is 0.0523. The van der Waals surface area contributed by atoms with Gasteiger partial charge in [-0.05, 0) is 34.9 Å². The largest absolute Gasteiger partial charge is 0.350 e. The Morgan fingerprint density at radius 1 is 1.36 bits per heavy atom. The summed E-state index contributed by atoms with van der Waals surface area (Å²) in [6.07, 6.45) is 0. The fourth-order valence-corrected chi connectivity index (χ4v) is 1.08. The lowest BCUT2D eigenvalue weighted by Gasteiger charge is -2.23. The Bertz CT molecular complexity index is 175. The minimum atomic E-state index is -0.138. The molecule has 0 heterocycles. The van der Waals surface area contributed by atoms with Gasteiger partial charge in [0.1, 0.15) is 0 Å². The van der Waals surface area contributed by atoms with Gasteiger partial charge in [0.15, 0.2) is 0 Å². The standard InChI is InChI=1S/C10H23N3O/c1-10(2,3)12-9(14)8-13(5)7-6-11-4/h11H,6-8H2,1-5H3,(H,12,14). The molecule has 0 aromatic heterocycles. The highest BCUT2D eigenvalue weighted by Gasteiger charge is 2.14. The van der Waals surface area contributed by atoms with Crippen molar-refractivity contribution < 1.29 is 4.79 Å². The molecule has 4 heteroatoms. The van der Waals surface area contributed by atoms with Gasteiger partial charge >= 0.3 is 0 Å². The van der Waals surface area contributed by atoms with Crippen LogP contribution in [0, 0.1) is 0 Å². The first-order valence-corrected chi connectivity index (χ1v) is 4.99. The van der Waals surface area contributed by atoms with Gasteiger partial charge in [-0.1, -0.05) is 0 Å². The maximum Gasteiger partial charge on any atom is 0.234 e. The summed E-state index contributed by atoms with van der Waals surface area (Å²) < 4.78 is 0. The van der Waals surface area contributed by atoms with Gasteiger partial charge in [0.25, 0.3) is 0 Å². The third-order valence-corrected chi connectivity index (χ3v) is 1.67. The van der Waals surface area contributed by atoms with Gasteiger partial charge < -0.3 is 10.6 Å². The second kappa shape index (κ2) is 5.98. The zero-order valence-corrected chi connectivity index (χ0v) is 9.98. The highest BCUT2D eigenvalue weighted by atomic mass is 16.2. The highest BCUT2D eigenvalue weighted by Crippen LogP contribution is 1.97. The summed E-state index contributed by atoms with van der Waals surface area (Å²) >= 11 is 0. The Hall–Kier alpha value is -0.610. The number of rotatable bonds is 5. The van der Waals surface area contributed by atoms with Crippen molar-refractivity contribution in [2.24, 2.45) is 0 Å². The van der Waals surface area contributed by atoms with Crippen molar-refractivity contribution in [1.82, 2.24) is 15.5 Å². The van der Waals surface area contributed by atoms with Crippen molar-refractivity contribution in [1.29, 1.82) is 0 Å². The summed E-state index contributed by atoms with van der Waals surface area (Å²) in [5.41, 5.74) is -0.138. The van der Waals surface area contributed by atoms with Gasteiger partial charge in [-0.2, -0.15) is 0 Å². The predicted molar refractivity (Wildman–Crippen MR) is 59.3 cm³/mol. The smallest absolute Gasteiger partial charge is 0.234 e. The van der Waals surface area contributed by atoms with E-state index in [9.17, 15) is 4.79 Å². The van der Waals surface area contributed by atoms with Crippen LogP contribution in [0.5, 0.6) is 0 Å². The van der Waals surface area contributed by atoms with Crippen LogP contribution < -0.4 is 10.6 Å². The molecule has 0 saturated carbocycles. The van der Waals surface area contributed by atoms with E-state index in [0.717, 1.165) is 13.1 Å². The van der Waals surface area contributed by atoms with Crippen LogP contribution in [0.25, 0.3) is 0 Å². The molecule has 84 valence electrons. The number of carbonyl (C=O) groups excluding carboxylic acids is 1. The van der Waals surface area contributed by atoms with Crippen molar-refractivity contribution in [3.63, 3.8) is 0 Å². The lowest BCUT2D eigenvalue weighted by atomic mass is 10.1.